The first-order valence-electron chi connectivity index (χ1n) is 3.83. The number of hydrogen-bond donors (Lipinski definition) is 1. The summed E-state index contributed by atoms with van der Waals surface area (Å²) in [5.74, 6) is 0. The third-order valence-corrected chi connectivity index (χ3v) is 2.30. The van der Waals surface area contributed by atoms with E-state index in [-0.39, 0.29) is 0 Å². The topological polar surface area (TPSA) is 42.1 Å². The molecule has 0 atom stereocenters. The number of nitrogens with two attached hydrogens (primary N) is 1. The summed E-state index contributed by atoms with van der Waals surface area (Å²) in [5, 5.41) is 0.367. The molecule has 0 saturated heterocycles. The number of thiocarbonyl (C=S) groups is 1. The second-order valence-electron chi connectivity index (χ2n) is 2.42. The maximum Gasteiger partial charge on any atom is 0.170 e. The third-order valence-electron chi connectivity index (χ3n) is 1.61. The number of pyridine rings is 1. The van der Waals surface area contributed by atoms with Crippen molar-refractivity contribution in [2.75, 3.05) is 11.4 Å². The van der Waals surface area contributed by atoms with Crippen LogP contribution in [0.5, 0.6) is 0 Å². The highest BCUT2D eigenvalue weighted by Crippen LogP contribution is 2.14. The van der Waals surface area contributed by atoms with Crippen LogP contribution >= 0.6 is 28.1 Å². The van der Waals surface area contributed by atoms with Gasteiger partial charge in [0.25, 0.3) is 0 Å². The molecular weight excluding hydrogens is 250 g/mol. The fourth-order valence-electron chi connectivity index (χ4n) is 0.993. The molecule has 0 aliphatic rings. The van der Waals surface area contributed by atoms with Crippen LogP contribution < -0.4 is 10.6 Å². The molecule has 0 aliphatic carbocycles. The van der Waals surface area contributed by atoms with E-state index < -0.39 is 0 Å². The average Bonchev–Trinajstić information content (AvgIpc) is 2.09. The summed E-state index contributed by atoms with van der Waals surface area (Å²) in [7, 11) is 0. The van der Waals surface area contributed by atoms with Gasteiger partial charge in [0.1, 0.15) is 4.60 Å². The van der Waals surface area contributed by atoms with E-state index in [9.17, 15) is 0 Å². The first-order chi connectivity index (χ1) is 6.15. The van der Waals surface area contributed by atoms with Crippen molar-refractivity contribution in [1.29, 1.82) is 0 Å². The molecule has 0 aromatic carbocycles. The van der Waals surface area contributed by atoms with Crippen LogP contribution in [0.1, 0.15) is 6.92 Å². The summed E-state index contributed by atoms with van der Waals surface area (Å²) < 4.78 is 0.801. The number of hydrogen-bond acceptors (Lipinski definition) is 2. The molecule has 1 rings (SSSR count). The van der Waals surface area contributed by atoms with E-state index in [0.717, 1.165) is 16.8 Å². The molecule has 2 N–H and O–H groups in total. The van der Waals surface area contributed by atoms with Crippen molar-refractivity contribution in [3.8, 4) is 0 Å². The van der Waals surface area contributed by atoms with Crippen molar-refractivity contribution in [3.63, 3.8) is 0 Å². The molecule has 0 bridgehead atoms. The van der Waals surface area contributed by atoms with Gasteiger partial charge in [0.2, 0.25) is 0 Å². The average molecular weight is 260 g/mol. The maximum absolute atomic E-state index is 5.54. The van der Waals surface area contributed by atoms with Gasteiger partial charge in [-0.15, -0.1) is 0 Å². The zero-order valence-corrected chi connectivity index (χ0v) is 9.60. The van der Waals surface area contributed by atoms with Crippen LogP contribution in [0.4, 0.5) is 5.69 Å². The quantitative estimate of drug-likeness (QED) is 0.651. The summed E-state index contributed by atoms with van der Waals surface area (Å²) in [6, 6.07) is 3.77. The molecule has 1 aromatic rings. The van der Waals surface area contributed by atoms with Crippen LogP contribution in [0, 0.1) is 0 Å². The van der Waals surface area contributed by atoms with Gasteiger partial charge in [-0.05, 0) is 47.2 Å². The van der Waals surface area contributed by atoms with Crippen molar-refractivity contribution < 1.29 is 0 Å². The van der Waals surface area contributed by atoms with Crippen LogP contribution in [0.15, 0.2) is 22.9 Å². The molecule has 0 unspecified atom stereocenters. The molecule has 5 heteroatoms. The number of aromatic nitrogens is 1. The Bertz CT molecular complexity index is 299. The smallest absolute Gasteiger partial charge is 0.170 e. The first kappa shape index (κ1) is 10.4. The first-order valence-corrected chi connectivity index (χ1v) is 5.03. The standard InChI is InChI=1S/C8H10BrN3S/c1-2-12(8(10)13)6-3-4-7(9)11-5-6/h3-5H,2H2,1H3,(H2,10,13). The Labute approximate surface area is 91.1 Å². The van der Waals surface area contributed by atoms with Crippen molar-refractivity contribution in [1.82, 2.24) is 4.98 Å². The van der Waals surface area contributed by atoms with Crippen LogP contribution in [-0.2, 0) is 0 Å². The van der Waals surface area contributed by atoms with Crippen molar-refractivity contribution in [3.05, 3.63) is 22.9 Å². The monoisotopic (exact) mass is 259 g/mol. The Morgan fingerprint density at radius 1 is 1.69 bits per heavy atom. The summed E-state index contributed by atoms with van der Waals surface area (Å²) in [5.41, 5.74) is 6.45. The highest BCUT2D eigenvalue weighted by molar-refractivity contribution is 9.10. The number of rotatable bonds is 2. The molecule has 0 saturated carbocycles. The second-order valence-corrected chi connectivity index (χ2v) is 3.65. The molecule has 0 radical (unpaired) electrons. The minimum absolute atomic E-state index is 0.367. The van der Waals surface area contributed by atoms with E-state index in [1.54, 1.807) is 6.20 Å². The molecular formula is C8H10BrN3S. The fourth-order valence-corrected chi connectivity index (χ4v) is 1.46. The highest BCUT2D eigenvalue weighted by Gasteiger charge is 2.06. The molecule has 0 fully saturated rings. The van der Waals surface area contributed by atoms with Crippen molar-refractivity contribution >= 4 is 38.9 Å². The summed E-state index contributed by atoms with van der Waals surface area (Å²) >= 11 is 8.15. The van der Waals surface area contributed by atoms with E-state index in [0.29, 0.717) is 5.11 Å². The Morgan fingerprint density at radius 3 is 2.77 bits per heavy atom. The van der Waals surface area contributed by atoms with Gasteiger partial charge in [0.05, 0.1) is 11.9 Å². The summed E-state index contributed by atoms with van der Waals surface area (Å²) in [6.45, 7) is 2.74. The Morgan fingerprint density at radius 2 is 2.38 bits per heavy atom. The van der Waals surface area contributed by atoms with Gasteiger partial charge in [-0.2, -0.15) is 0 Å². The molecule has 70 valence electrons. The van der Waals surface area contributed by atoms with Gasteiger partial charge in [0.15, 0.2) is 5.11 Å². The predicted molar refractivity (Wildman–Crippen MR) is 61.7 cm³/mol. The van der Waals surface area contributed by atoms with E-state index >= 15 is 0 Å². The second kappa shape index (κ2) is 4.53. The lowest BCUT2D eigenvalue weighted by atomic mass is 10.4. The van der Waals surface area contributed by atoms with E-state index in [2.05, 4.69) is 20.9 Å². The molecule has 13 heavy (non-hydrogen) atoms. The van der Waals surface area contributed by atoms with Crippen LogP contribution in [0.2, 0.25) is 0 Å². The fraction of sp³-hybridized carbons (Fsp3) is 0.250. The van der Waals surface area contributed by atoms with E-state index in [4.69, 9.17) is 18.0 Å². The lowest BCUT2D eigenvalue weighted by molar-refractivity contribution is 1.05. The normalized spacial score (nSPS) is 9.69. The lowest BCUT2D eigenvalue weighted by Gasteiger charge is -2.20. The molecule has 0 spiro atoms. The maximum atomic E-state index is 5.54. The van der Waals surface area contributed by atoms with E-state index in [1.807, 2.05) is 24.0 Å². The number of anilines is 1. The van der Waals surface area contributed by atoms with Gasteiger partial charge < -0.3 is 10.6 Å². The van der Waals surface area contributed by atoms with Gasteiger partial charge in [0, 0.05) is 6.54 Å². The lowest BCUT2D eigenvalue weighted by Crippen LogP contribution is -2.35. The minimum Gasteiger partial charge on any atom is -0.376 e. The number of nitrogens with zero attached hydrogens (tertiary/aromatic N) is 2. The zero-order valence-electron chi connectivity index (χ0n) is 7.20. The Kier molecular flexibility index (Phi) is 3.62. The highest BCUT2D eigenvalue weighted by atomic mass is 79.9. The van der Waals surface area contributed by atoms with Gasteiger partial charge >= 0.3 is 0 Å². The van der Waals surface area contributed by atoms with Gasteiger partial charge in [-0.25, -0.2) is 4.98 Å². The minimum atomic E-state index is 0.367. The van der Waals surface area contributed by atoms with Crippen molar-refractivity contribution in [2.45, 2.75) is 6.92 Å². The Hall–Kier alpha value is -0.680. The summed E-state index contributed by atoms with van der Waals surface area (Å²) in [4.78, 5) is 5.90. The molecule has 0 aliphatic heterocycles. The molecule has 3 nitrogen and oxygen atoms in total. The van der Waals surface area contributed by atoms with E-state index in [1.165, 1.54) is 0 Å². The number of halogens is 1. The van der Waals surface area contributed by atoms with Crippen molar-refractivity contribution in [2.24, 2.45) is 5.73 Å². The van der Waals surface area contributed by atoms with Crippen LogP contribution in [-0.4, -0.2) is 16.6 Å². The third kappa shape index (κ3) is 2.63. The van der Waals surface area contributed by atoms with Crippen LogP contribution in [0.3, 0.4) is 0 Å². The Balaban J connectivity index is 2.92. The predicted octanol–water partition coefficient (Wildman–Crippen LogP) is 1.91. The summed E-state index contributed by atoms with van der Waals surface area (Å²) in [6.07, 6.45) is 1.73. The zero-order chi connectivity index (χ0) is 9.84. The SMILES string of the molecule is CCN(C(N)=S)c1ccc(Br)nc1. The largest absolute Gasteiger partial charge is 0.376 e. The van der Waals surface area contributed by atoms with Crippen LogP contribution in [0.25, 0.3) is 0 Å². The molecule has 1 heterocycles. The van der Waals surface area contributed by atoms with Gasteiger partial charge in [-0.1, -0.05) is 0 Å². The molecule has 0 amide bonds. The van der Waals surface area contributed by atoms with Gasteiger partial charge in [-0.3, -0.25) is 0 Å². The molecule has 1 aromatic heterocycles.